The number of rotatable bonds is 4. The highest BCUT2D eigenvalue weighted by molar-refractivity contribution is 9.10. The molecule has 1 unspecified atom stereocenters. The summed E-state index contributed by atoms with van der Waals surface area (Å²) in [5, 5.41) is 3.93. The largest absolute Gasteiger partial charge is 0.573 e. The molecular weight excluding hydrogens is 369 g/mol. The van der Waals surface area contributed by atoms with Gasteiger partial charge in [0.1, 0.15) is 0 Å². The molecule has 1 heterocycles. The van der Waals surface area contributed by atoms with Crippen molar-refractivity contribution in [3.8, 4) is 5.75 Å². The van der Waals surface area contributed by atoms with Crippen molar-refractivity contribution in [2.45, 2.75) is 31.4 Å². The van der Waals surface area contributed by atoms with E-state index in [0.717, 1.165) is 12.8 Å². The normalized spacial score (nSPS) is 18.5. The predicted octanol–water partition coefficient (Wildman–Crippen LogP) is 5.03. The summed E-state index contributed by atoms with van der Waals surface area (Å²) in [6.45, 7) is 2.78. The maximum atomic E-state index is 12.4. The molecule has 2 rings (SSSR count). The molecule has 0 fully saturated rings. The lowest BCUT2D eigenvalue weighted by Gasteiger charge is -2.15. The number of alkyl halides is 3. The van der Waals surface area contributed by atoms with Crippen LogP contribution in [0, 0.1) is 0 Å². The molecule has 0 spiro atoms. The van der Waals surface area contributed by atoms with Crippen LogP contribution in [0.2, 0.25) is 0 Å². The van der Waals surface area contributed by atoms with E-state index in [1.54, 1.807) is 17.8 Å². The van der Waals surface area contributed by atoms with Crippen molar-refractivity contribution < 1.29 is 17.9 Å². The number of hydrogen-bond acceptors (Lipinski definition) is 4. The van der Waals surface area contributed by atoms with E-state index in [1.807, 2.05) is 0 Å². The summed E-state index contributed by atoms with van der Waals surface area (Å²) in [4.78, 5) is 4.31. The maximum absolute atomic E-state index is 12.4. The van der Waals surface area contributed by atoms with E-state index >= 15 is 0 Å². The number of benzene rings is 1. The maximum Gasteiger partial charge on any atom is 0.573 e. The fraction of sp³-hybridized carbons (Fsp3) is 0.462. The molecule has 1 N–H and O–H groups in total. The van der Waals surface area contributed by atoms with E-state index in [4.69, 9.17) is 0 Å². The van der Waals surface area contributed by atoms with Gasteiger partial charge in [0.15, 0.2) is 10.9 Å². The number of nitrogens with one attached hydrogen (secondary N) is 1. The second-order valence-electron chi connectivity index (χ2n) is 4.49. The molecule has 8 heteroatoms. The Kier molecular flexibility index (Phi) is 5.43. The van der Waals surface area contributed by atoms with E-state index in [-0.39, 0.29) is 11.4 Å². The van der Waals surface area contributed by atoms with Gasteiger partial charge in [-0.3, -0.25) is 4.99 Å². The van der Waals surface area contributed by atoms with Crippen molar-refractivity contribution >= 4 is 38.5 Å². The number of halogens is 4. The van der Waals surface area contributed by atoms with Gasteiger partial charge >= 0.3 is 6.36 Å². The average molecular weight is 383 g/mol. The van der Waals surface area contributed by atoms with Crippen LogP contribution in [-0.2, 0) is 0 Å². The van der Waals surface area contributed by atoms with E-state index in [0.29, 0.717) is 21.4 Å². The number of hydrogen-bond donors (Lipinski definition) is 1. The van der Waals surface area contributed by atoms with Crippen LogP contribution in [0.25, 0.3) is 0 Å². The minimum absolute atomic E-state index is 0.249. The van der Waals surface area contributed by atoms with Crippen LogP contribution in [0.3, 0.4) is 0 Å². The zero-order chi connectivity index (χ0) is 15.5. The molecule has 0 bridgehead atoms. The summed E-state index contributed by atoms with van der Waals surface area (Å²) < 4.78 is 41.8. The average Bonchev–Trinajstić information content (AvgIpc) is 2.79. The van der Waals surface area contributed by atoms with Gasteiger partial charge in [-0.1, -0.05) is 41.0 Å². The Bertz CT molecular complexity index is 537. The molecule has 0 radical (unpaired) electrons. The molecule has 0 saturated carbocycles. The summed E-state index contributed by atoms with van der Waals surface area (Å²) >= 11 is 4.69. The second kappa shape index (κ2) is 6.91. The first kappa shape index (κ1) is 16.5. The topological polar surface area (TPSA) is 33.6 Å². The lowest BCUT2D eigenvalue weighted by molar-refractivity contribution is -0.274. The molecule has 116 valence electrons. The van der Waals surface area contributed by atoms with Crippen LogP contribution < -0.4 is 10.1 Å². The minimum Gasteiger partial charge on any atom is -0.404 e. The van der Waals surface area contributed by atoms with E-state index in [2.05, 4.69) is 37.9 Å². The van der Waals surface area contributed by atoms with Gasteiger partial charge in [-0.25, -0.2) is 0 Å². The third-order valence-corrected chi connectivity index (χ3v) is 4.40. The van der Waals surface area contributed by atoms with Gasteiger partial charge in [-0.15, -0.1) is 13.2 Å². The molecule has 0 saturated heterocycles. The van der Waals surface area contributed by atoms with Crippen LogP contribution in [0.1, 0.15) is 19.8 Å². The van der Waals surface area contributed by atoms with Crippen molar-refractivity contribution in [2.24, 2.45) is 4.99 Å². The van der Waals surface area contributed by atoms with Gasteiger partial charge in [-0.2, -0.15) is 0 Å². The first-order valence-corrected chi connectivity index (χ1v) is 8.08. The smallest absolute Gasteiger partial charge is 0.404 e. The molecular formula is C13H14BrF3N2OS. The molecule has 0 aromatic heterocycles. The Morgan fingerprint density at radius 3 is 2.90 bits per heavy atom. The van der Waals surface area contributed by atoms with Crippen molar-refractivity contribution in [3.63, 3.8) is 0 Å². The molecule has 1 atom stereocenters. The summed E-state index contributed by atoms with van der Waals surface area (Å²) in [6, 6.07) is 4.45. The van der Waals surface area contributed by atoms with Crippen molar-refractivity contribution in [1.29, 1.82) is 0 Å². The lowest BCUT2D eigenvalue weighted by Crippen LogP contribution is -2.19. The third-order valence-electron chi connectivity index (χ3n) is 2.74. The fourth-order valence-corrected chi connectivity index (χ4v) is 3.36. The van der Waals surface area contributed by atoms with Crippen molar-refractivity contribution in [1.82, 2.24) is 0 Å². The van der Waals surface area contributed by atoms with Crippen molar-refractivity contribution in [3.05, 3.63) is 22.7 Å². The van der Waals surface area contributed by atoms with Crippen LogP contribution in [0.15, 0.2) is 27.7 Å². The highest BCUT2D eigenvalue weighted by Crippen LogP contribution is 2.35. The number of nitrogens with zero attached hydrogens (tertiary/aromatic N) is 1. The fourth-order valence-electron chi connectivity index (χ4n) is 1.88. The number of ether oxygens (including phenoxy) is 1. The summed E-state index contributed by atoms with van der Waals surface area (Å²) in [7, 11) is 0. The monoisotopic (exact) mass is 382 g/mol. The van der Waals surface area contributed by atoms with Crippen LogP contribution in [0.5, 0.6) is 5.75 Å². The Morgan fingerprint density at radius 1 is 1.48 bits per heavy atom. The molecule has 1 aliphatic rings. The quantitative estimate of drug-likeness (QED) is 0.792. The predicted molar refractivity (Wildman–Crippen MR) is 83.0 cm³/mol. The van der Waals surface area contributed by atoms with Gasteiger partial charge in [0.2, 0.25) is 0 Å². The molecule has 1 aliphatic heterocycles. The summed E-state index contributed by atoms with van der Waals surface area (Å²) in [5.74, 6) is -0.279. The molecule has 0 amide bonds. The lowest BCUT2D eigenvalue weighted by atomic mass is 10.2. The van der Waals surface area contributed by atoms with Crippen LogP contribution in [0.4, 0.5) is 18.9 Å². The van der Waals surface area contributed by atoms with Crippen LogP contribution in [-0.4, -0.2) is 23.3 Å². The highest BCUT2D eigenvalue weighted by atomic mass is 79.9. The van der Waals surface area contributed by atoms with Gasteiger partial charge in [0.05, 0.1) is 12.2 Å². The first-order chi connectivity index (χ1) is 9.87. The van der Waals surface area contributed by atoms with Gasteiger partial charge in [0, 0.05) is 9.72 Å². The van der Waals surface area contributed by atoms with Crippen molar-refractivity contribution in [2.75, 3.05) is 11.9 Å². The Hall–Kier alpha value is -0.890. The van der Waals surface area contributed by atoms with Gasteiger partial charge in [-0.05, 0) is 24.6 Å². The molecule has 1 aromatic rings. The zero-order valence-electron chi connectivity index (χ0n) is 11.2. The number of anilines is 1. The van der Waals surface area contributed by atoms with E-state index < -0.39 is 6.36 Å². The molecule has 1 aromatic carbocycles. The summed E-state index contributed by atoms with van der Waals surface area (Å²) in [6.07, 6.45) is -2.64. The van der Waals surface area contributed by atoms with E-state index in [9.17, 15) is 13.2 Å². The van der Waals surface area contributed by atoms with Crippen LogP contribution >= 0.6 is 27.7 Å². The SMILES string of the molecule is CCCC1CN=C(Nc2ccc(Br)cc2OC(F)(F)F)S1. The molecule has 3 nitrogen and oxygen atoms in total. The molecule has 0 aliphatic carbocycles. The Labute approximate surface area is 133 Å². The van der Waals surface area contributed by atoms with E-state index in [1.165, 1.54) is 12.1 Å². The standard InChI is InChI=1S/C13H14BrF3N2OS/c1-2-3-9-7-18-12(21-9)19-10-5-4-8(14)6-11(10)20-13(15,16)17/h4-6,9H,2-3,7H2,1H3,(H,18,19). The number of thioether (sulfide) groups is 1. The number of amidine groups is 1. The Balaban J connectivity index is 2.10. The second-order valence-corrected chi connectivity index (χ2v) is 6.69. The summed E-state index contributed by atoms with van der Waals surface area (Å²) in [5.41, 5.74) is 0.249. The third kappa shape index (κ3) is 5.10. The molecule has 21 heavy (non-hydrogen) atoms. The zero-order valence-corrected chi connectivity index (χ0v) is 13.6. The van der Waals surface area contributed by atoms with Gasteiger partial charge < -0.3 is 10.1 Å². The minimum atomic E-state index is -4.73. The van der Waals surface area contributed by atoms with Gasteiger partial charge in [0.25, 0.3) is 0 Å². The Morgan fingerprint density at radius 2 is 2.24 bits per heavy atom. The highest BCUT2D eigenvalue weighted by Gasteiger charge is 2.32. The first-order valence-electron chi connectivity index (χ1n) is 6.41. The number of aliphatic imine (C=N–C) groups is 1.